The van der Waals surface area contributed by atoms with Crippen molar-refractivity contribution in [3.63, 3.8) is 0 Å². The topological polar surface area (TPSA) is 98.5 Å². The molecule has 0 radical (unpaired) electrons. The molecule has 3 aromatic rings. The van der Waals surface area contributed by atoms with Crippen LogP contribution in [0.2, 0.25) is 0 Å². The van der Waals surface area contributed by atoms with Crippen molar-refractivity contribution >= 4 is 38.6 Å². The van der Waals surface area contributed by atoms with Crippen LogP contribution in [-0.4, -0.2) is 23.3 Å². The van der Waals surface area contributed by atoms with Gasteiger partial charge in [-0.25, -0.2) is 26.3 Å². The van der Waals surface area contributed by atoms with Gasteiger partial charge in [0.1, 0.15) is 5.82 Å². The van der Waals surface area contributed by atoms with E-state index in [9.17, 15) is 34.9 Å². The van der Waals surface area contributed by atoms with Crippen molar-refractivity contribution in [1.29, 1.82) is 0 Å². The number of rotatable bonds is 8. The van der Waals surface area contributed by atoms with Crippen molar-refractivity contribution in [3.05, 3.63) is 96.3 Å². The summed E-state index contributed by atoms with van der Waals surface area (Å²) in [5.41, 5.74) is 5.72. The predicted octanol–water partition coefficient (Wildman–Crippen LogP) is 4.46. The van der Waals surface area contributed by atoms with Gasteiger partial charge >= 0.3 is 6.18 Å². The van der Waals surface area contributed by atoms with Gasteiger partial charge < -0.3 is 15.2 Å². The minimum atomic E-state index is -4.59. The molecule has 4 rings (SSSR count). The molecular weight excluding hydrogens is 581 g/mol. The Morgan fingerprint density at radius 2 is 1.79 bits per heavy atom. The van der Waals surface area contributed by atoms with Crippen LogP contribution in [-0.2, 0) is 29.9 Å². The number of hydrogen-bond acceptors (Lipinski definition) is 6. The molecule has 1 aliphatic heterocycles. The van der Waals surface area contributed by atoms with Crippen LogP contribution in [0.15, 0.2) is 73.2 Å². The molecule has 0 amide bonds. The highest BCUT2D eigenvalue weighted by molar-refractivity contribution is 7.85. The number of imidazole rings is 1. The summed E-state index contributed by atoms with van der Waals surface area (Å²) in [5.74, 6) is -2.00. The molecule has 0 saturated carbocycles. The van der Waals surface area contributed by atoms with E-state index in [0.29, 0.717) is 17.2 Å². The van der Waals surface area contributed by atoms with Gasteiger partial charge in [-0.2, -0.15) is 13.2 Å². The number of aromatic nitrogens is 2. The number of fused-ring (bicyclic) bond motifs is 2. The average molecular weight is 606 g/mol. The normalized spacial score (nSPS) is 14.8. The summed E-state index contributed by atoms with van der Waals surface area (Å²) in [6.07, 6.45) is 4.65. The van der Waals surface area contributed by atoms with Gasteiger partial charge in [-0.05, 0) is 24.6 Å². The van der Waals surface area contributed by atoms with E-state index in [-0.39, 0.29) is 29.9 Å². The van der Waals surface area contributed by atoms with Crippen molar-refractivity contribution < 1.29 is 39.5 Å². The SMILES string of the molecule is C=CN1\C(=C/C=C/C=C/c2n(CCCS(=O)(=O)[O-])c3cc(C(F)(F)F)ccc3[n+]2C)N(C#CN)c2cc(F)c(F)cc21. The van der Waals surface area contributed by atoms with E-state index in [2.05, 4.69) is 18.7 Å². The van der Waals surface area contributed by atoms with Gasteiger partial charge in [0.15, 0.2) is 22.7 Å². The lowest BCUT2D eigenvalue weighted by Gasteiger charge is -2.17. The van der Waals surface area contributed by atoms with Crippen LogP contribution in [0.3, 0.4) is 0 Å². The van der Waals surface area contributed by atoms with Crippen LogP contribution in [0, 0.1) is 23.7 Å². The zero-order valence-corrected chi connectivity index (χ0v) is 22.9. The number of benzene rings is 2. The molecule has 2 N–H and O–H groups in total. The maximum atomic E-state index is 13.9. The third-order valence-electron chi connectivity index (χ3n) is 6.42. The van der Waals surface area contributed by atoms with Gasteiger partial charge in [-0.1, -0.05) is 24.8 Å². The summed E-state index contributed by atoms with van der Waals surface area (Å²) in [4.78, 5) is 2.84. The van der Waals surface area contributed by atoms with Crippen LogP contribution < -0.4 is 20.1 Å². The number of halogens is 5. The van der Waals surface area contributed by atoms with E-state index in [1.165, 1.54) is 26.6 Å². The Balaban J connectivity index is 1.69. The molecule has 42 heavy (non-hydrogen) atoms. The molecule has 8 nitrogen and oxygen atoms in total. The molecule has 1 aromatic heterocycles. The van der Waals surface area contributed by atoms with Gasteiger partial charge in [0, 0.05) is 48.3 Å². The van der Waals surface area contributed by atoms with Crippen LogP contribution in [0.4, 0.5) is 33.3 Å². The number of anilines is 2. The van der Waals surface area contributed by atoms with Crippen molar-refractivity contribution in [2.75, 3.05) is 15.6 Å². The Morgan fingerprint density at radius 1 is 1.10 bits per heavy atom. The maximum absolute atomic E-state index is 13.9. The lowest BCUT2D eigenvalue weighted by molar-refractivity contribution is -0.647. The smallest absolute Gasteiger partial charge is 0.416 e. The van der Waals surface area contributed by atoms with Gasteiger partial charge in [-0.3, -0.25) is 4.90 Å². The highest BCUT2D eigenvalue weighted by atomic mass is 32.2. The maximum Gasteiger partial charge on any atom is 0.416 e. The summed E-state index contributed by atoms with van der Waals surface area (Å²) in [6, 6.07) is 10.1. The molecule has 0 atom stereocenters. The van der Waals surface area contributed by atoms with Gasteiger partial charge in [-0.15, -0.1) is 0 Å². The van der Waals surface area contributed by atoms with E-state index < -0.39 is 39.2 Å². The second-order valence-electron chi connectivity index (χ2n) is 9.05. The number of nitrogens with zero attached hydrogens (tertiary/aromatic N) is 4. The Hall–Kier alpha value is -4.61. The van der Waals surface area contributed by atoms with E-state index >= 15 is 0 Å². The van der Waals surface area contributed by atoms with Crippen LogP contribution in [0.25, 0.3) is 17.1 Å². The first-order chi connectivity index (χ1) is 19.8. The number of nitrogens with two attached hydrogens (primary N) is 1. The molecule has 0 aliphatic carbocycles. The Morgan fingerprint density at radius 3 is 2.40 bits per heavy atom. The minimum Gasteiger partial charge on any atom is -0.748 e. The van der Waals surface area contributed by atoms with Crippen molar-refractivity contribution in [1.82, 2.24) is 4.57 Å². The third kappa shape index (κ3) is 6.17. The fourth-order valence-corrected chi connectivity index (χ4v) is 5.07. The van der Waals surface area contributed by atoms with E-state index in [4.69, 9.17) is 5.73 Å². The zero-order chi connectivity index (χ0) is 30.8. The van der Waals surface area contributed by atoms with Crippen LogP contribution in [0.1, 0.15) is 17.8 Å². The molecule has 1 aliphatic rings. The number of allylic oxidation sites excluding steroid dienone is 4. The summed E-state index contributed by atoms with van der Waals surface area (Å²) in [6.45, 7) is 3.69. The third-order valence-corrected chi connectivity index (χ3v) is 7.21. The fourth-order valence-electron chi connectivity index (χ4n) is 4.59. The predicted molar refractivity (Wildman–Crippen MR) is 147 cm³/mol. The largest absolute Gasteiger partial charge is 0.748 e. The lowest BCUT2D eigenvalue weighted by Crippen LogP contribution is -2.31. The monoisotopic (exact) mass is 605 g/mol. The van der Waals surface area contributed by atoms with Crippen LogP contribution in [0.5, 0.6) is 0 Å². The summed E-state index contributed by atoms with van der Waals surface area (Å²) < 4.78 is 105. The van der Waals surface area contributed by atoms with Crippen LogP contribution >= 0.6 is 0 Å². The zero-order valence-electron chi connectivity index (χ0n) is 22.1. The molecule has 0 unspecified atom stereocenters. The molecule has 0 fully saturated rings. The number of hydrogen-bond donors (Lipinski definition) is 1. The van der Waals surface area contributed by atoms with Gasteiger partial charge in [0.25, 0.3) is 5.82 Å². The Kier molecular flexibility index (Phi) is 8.46. The molecule has 0 saturated heterocycles. The first-order valence-electron chi connectivity index (χ1n) is 12.3. The van der Waals surface area contributed by atoms with Crippen molar-refractivity contribution in [2.45, 2.75) is 19.1 Å². The minimum absolute atomic E-state index is 0.0278. The first kappa shape index (κ1) is 30.4. The molecule has 2 aromatic carbocycles. The fraction of sp³-hybridized carbons (Fsp3) is 0.179. The standard InChI is InChI=1S/C28H24F5N5O3S/c1-3-36-24-17-20(29)21(30)18-25(24)38(14-12-34)27(36)9-6-4-5-8-26-35(2)22-11-10-19(28(31,32)33)16-23(22)37(26)13-7-15-42(39,40)41/h3-6,8-11,16-18H,1,7,13,15,34H2,2H3. The summed E-state index contributed by atoms with van der Waals surface area (Å²) in [5, 5.41) is 0. The summed E-state index contributed by atoms with van der Waals surface area (Å²) in [7, 11) is -2.88. The highest BCUT2D eigenvalue weighted by Gasteiger charge is 2.33. The second-order valence-corrected chi connectivity index (χ2v) is 10.6. The highest BCUT2D eigenvalue weighted by Crippen LogP contribution is 2.42. The van der Waals surface area contributed by atoms with Crippen molar-refractivity contribution in [2.24, 2.45) is 12.8 Å². The first-order valence-corrected chi connectivity index (χ1v) is 13.8. The lowest BCUT2D eigenvalue weighted by atomic mass is 10.2. The van der Waals surface area contributed by atoms with Gasteiger partial charge in [0.05, 0.1) is 40.6 Å². The number of alkyl halides is 3. The Bertz CT molecular complexity index is 1820. The Labute approximate surface area is 238 Å². The molecular formula is C28H24F5N5O3S. The van der Waals surface area contributed by atoms with Gasteiger partial charge in [0.2, 0.25) is 0 Å². The molecule has 0 spiro atoms. The molecule has 220 valence electrons. The van der Waals surface area contributed by atoms with E-state index in [1.807, 2.05) is 0 Å². The molecule has 2 heterocycles. The van der Waals surface area contributed by atoms with E-state index in [1.54, 1.807) is 42.0 Å². The number of aryl methyl sites for hydroxylation is 2. The summed E-state index contributed by atoms with van der Waals surface area (Å²) >= 11 is 0. The quantitative estimate of drug-likeness (QED) is 0.102. The molecule has 0 bridgehead atoms. The van der Waals surface area contributed by atoms with E-state index in [0.717, 1.165) is 24.3 Å². The molecule has 14 heteroatoms. The second kappa shape index (κ2) is 11.7. The average Bonchev–Trinajstić information content (AvgIpc) is 3.33. The van der Waals surface area contributed by atoms with Crippen molar-refractivity contribution in [3.8, 4) is 12.1 Å².